The van der Waals surface area contributed by atoms with Crippen molar-refractivity contribution in [1.82, 2.24) is 10.6 Å². The molecule has 0 unspecified atom stereocenters. The molecule has 128 valence electrons. The molecule has 0 aliphatic carbocycles. The molecule has 0 aromatic rings. The van der Waals surface area contributed by atoms with Crippen LogP contribution in [-0.2, 0) is 19.1 Å². The van der Waals surface area contributed by atoms with Crippen LogP contribution < -0.4 is 10.6 Å². The molecule has 0 spiro atoms. The third-order valence-electron chi connectivity index (χ3n) is 2.86. The molecule has 7 heteroatoms. The van der Waals surface area contributed by atoms with E-state index in [1.165, 1.54) is 6.92 Å². The van der Waals surface area contributed by atoms with Crippen LogP contribution in [0.5, 0.6) is 0 Å². The predicted octanol–water partition coefficient (Wildman–Crippen LogP) is 1.60. The average molecular weight is 316 g/mol. The first-order valence-electron chi connectivity index (χ1n) is 7.45. The number of carbonyl (C=O) groups excluding carboxylic acids is 3. The van der Waals surface area contributed by atoms with Crippen molar-refractivity contribution in [3.8, 4) is 0 Å². The second-order valence-electron chi connectivity index (χ2n) is 6.19. The smallest absolute Gasteiger partial charge is 0.408 e. The Morgan fingerprint density at radius 3 is 2.09 bits per heavy atom. The van der Waals surface area contributed by atoms with Gasteiger partial charge in [0.05, 0.1) is 5.92 Å². The molecule has 2 amide bonds. The van der Waals surface area contributed by atoms with Gasteiger partial charge in [0.25, 0.3) is 0 Å². The van der Waals surface area contributed by atoms with E-state index in [1.807, 2.05) is 6.92 Å². The van der Waals surface area contributed by atoms with Gasteiger partial charge in [0.15, 0.2) is 0 Å². The Kier molecular flexibility index (Phi) is 7.90. The van der Waals surface area contributed by atoms with Crippen molar-refractivity contribution in [3.05, 3.63) is 0 Å². The van der Waals surface area contributed by atoms with Crippen molar-refractivity contribution in [1.29, 1.82) is 0 Å². The molecule has 0 aromatic carbocycles. The third-order valence-corrected chi connectivity index (χ3v) is 2.86. The number of rotatable bonds is 6. The molecule has 22 heavy (non-hydrogen) atoms. The SMILES string of the molecule is CCNC(=O)[C@@H](C)[C@@H](C)OC(=O)[C@H](C)NC(=O)OC(C)(C)C. The Labute approximate surface area is 132 Å². The lowest BCUT2D eigenvalue weighted by atomic mass is 10.1. The second kappa shape index (κ2) is 8.60. The zero-order chi connectivity index (χ0) is 17.5. The Morgan fingerprint density at radius 2 is 1.64 bits per heavy atom. The maximum atomic E-state index is 11.9. The molecule has 0 aliphatic rings. The number of amides is 2. The van der Waals surface area contributed by atoms with Crippen LogP contribution in [0.3, 0.4) is 0 Å². The molecule has 3 atom stereocenters. The van der Waals surface area contributed by atoms with Crippen LogP contribution in [0.15, 0.2) is 0 Å². The molecule has 0 bridgehead atoms. The van der Waals surface area contributed by atoms with E-state index in [9.17, 15) is 14.4 Å². The van der Waals surface area contributed by atoms with E-state index in [1.54, 1.807) is 34.6 Å². The predicted molar refractivity (Wildman–Crippen MR) is 82.2 cm³/mol. The van der Waals surface area contributed by atoms with Crippen LogP contribution >= 0.6 is 0 Å². The summed E-state index contributed by atoms with van der Waals surface area (Å²) in [5.41, 5.74) is -0.645. The summed E-state index contributed by atoms with van der Waals surface area (Å²) < 4.78 is 10.3. The highest BCUT2D eigenvalue weighted by molar-refractivity contribution is 5.82. The van der Waals surface area contributed by atoms with Crippen molar-refractivity contribution >= 4 is 18.0 Å². The standard InChI is InChI=1S/C15H28N2O5/c1-8-16-12(18)9(2)11(4)21-13(19)10(3)17-14(20)22-15(5,6)7/h9-11H,8H2,1-7H3,(H,16,18)(H,17,20)/t9-,10-,11+/m0/s1. The van der Waals surface area contributed by atoms with Crippen molar-refractivity contribution in [3.63, 3.8) is 0 Å². The van der Waals surface area contributed by atoms with E-state index in [0.29, 0.717) is 6.54 Å². The van der Waals surface area contributed by atoms with E-state index in [2.05, 4.69) is 10.6 Å². The monoisotopic (exact) mass is 316 g/mol. The summed E-state index contributed by atoms with van der Waals surface area (Å²) in [6, 6.07) is -0.862. The van der Waals surface area contributed by atoms with Gasteiger partial charge in [0.2, 0.25) is 5.91 Å². The van der Waals surface area contributed by atoms with Gasteiger partial charge in [-0.05, 0) is 41.5 Å². The third kappa shape index (κ3) is 7.85. The summed E-state index contributed by atoms with van der Waals surface area (Å²) in [4.78, 5) is 35.2. The van der Waals surface area contributed by atoms with Crippen LogP contribution in [0.4, 0.5) is 4.79 Å². The van der Waals surface area contributed by atoms with Crippen molar-refractivity contribution in [2.45, 2.75) is 66.2 Å². The largest absolute Gasteiger partial charge is 0.460 e. The van der Waals surface area contributed by atoms with Gasteiger partial charge in [0.1, 0.15) is 17.7 Å². The van der Waals surface area contributed by atoms with Gasteiger partial charge in [-0.1, -0.05) is 6.92 Å². The van der Waals surface area contributed by atoms with Gasteiger partial charge in [0, 0.05) is 6.54 Å². The minimum absolute atomic E-state index is 0.185. The van der Waals surface area contributed by atoms with Crippen LogP contribution in [0.2, 0.25) is 0 Å². The first-order valence-corrected chi connectivity index (χ1v) is 7.45. The van der Waals surface area contributed by atoms with Crippen LogP contribution in [-0.4, -0.2) is 42.3 Å². The van der Waals surface area contributed by atoms with Gasteiger partial charge < -0.3 is 20.1 Å². The van der Waals surface area contributed by atoms with E-state index in [0.717, 1.165) is 0 Å². The highest BCUT2D eigenvalue weighted by Crippen LogP contribution is 2.10. The summed E-state index contributed by atoms with van der Waals surface area (Å²) in [5, 5.41) is 5.07. The average Bonchev–Trinajstić information content (AvgIpc) is 2.35. The van der Waals surface area contributed by atoms with E-state index < -0.39 is 35.7 Å². The number of hydrogen-bond acceptors (Lipinski definition) is 5. The Balaban J connectivity index is 4.41. The highest BCUT2D eigenvalue weighted by Gasteiger charge is 2.27. The number of hydrogen-bond donors (Lipinski definition) is 2. The summed E-state index contributed by atoms with van der Waals surface area (Å²) in [7, 11) is 0. The van der Waals surface area contributed by atoms with Crippen LogP contribution in [0.25, 0.3) is 0 Å². The molecule has 0 heterocycles. The molecule has 0 aliphatic heterocycles. The van der Waals surface area contributed by atoms with Crippen molar-refractivity contribution in [2.75, 3.05) is 6.54 Å². The summed E-state index contributed by atoms with van der Waals surface area (Å²) >= 11 is 0. The number of carbonyl (C=O) groups is 3. The lowest BCUT2D eigenvalue weighted by molar-refractivity contribution is -0.154. The number of ether oxygens (including phenoxy) is 2. The zero-order valence-corrected chi connectivity index (χ0v) is 14.5. The van der Waals surface area contributed by atoms with Crippen LogP contribution in [0.1, 0.15) is 48.5 Å². The van der Waals surface area contributed by atoms with Gasteiger partial charge in [-0.25, -0.2) is 9.59 Å². The lowest BCUT2D eigenvalue weighted by Crippen LogP contribution is -2.44. The van der Waals surface area contributed by atoms with Crippen molar-refractivity contribution in [2.24, 2.45) is 5.92 Å². The fraction of sp³-hybridized carbons (Fsp3) is 0.800. The van der Waals surface area contributed by atoms with Crippen molar-refractivity contribution < 1.29 is 23.9 Å². The number of alkyl carbamates (subject to hydrolysis) is 1. The van der Waals surface area contributed by atoms with E-state index in [-0.39, 0.29) is 5.91 Å². The molecule has 0 saturated heterocycles. The molecule has 2 N–H and O–H groups in total. The Bertz CT molecular complexity index is 403. The van der Waals surface area contributed by atoms with E-state index >= 15 is 0 Å². The fourth-order valence-corrected chi connectivity index (χ4v) is 1.48. The maximum Gasteiger partial charge on any atom is 0.408 e. The first kappa shape index (κ1) is 20.2. The molecule has 0 rings (SSSR count). The summed E-state index contributed by atoms with van der Waals surface area (Å²) in [6.07, 6.45) is -1.29. The molecule has 0 radical (unpaired) electrons. The summed E-state index contributed by atoms with van der Waals surface area (Å²) in [6.45, 7) is 12.3. The van der Waals surface area contributed by atoms with Crippen LogP contribution in [0, 0.1) is 5.92 Å². The maximum absolute atomic E-state index is 11.9. The molecule has 0 saturated carbocycles. The van der Waals surface area contributed by atoms with Gasteiger partial charge in [-0.2, -0.15) is 0 Å². The normalized spacial score (nSPS) is 15.2. The topological polar surface area (TPSA) is 93.7 Å². The first-order chi connectivity index (χ1) is 9.97. The Hall–Kier alpha value is -1.79. The fourth-order valence-electron chi connectivity index (χ4n) is 1.48. The molecule has 0 fully saturated rings. The highest BCUT2D eigenvalue weighted by atomic mass is 16.6. The number of esters is 1. The molecular weight excluding hydrogens is 288 g/mol. The second-order valence-corrected chi connectivity index (χ2v) is 6.19. The number of nitrogens with one attached hydrogen (secondary N) is 2. The molecule has 7 nitrogen and oxygen atoms in total. The van der Waals surface area contributed by atoms with Gasteiger partial charge in [-0.3, -0.25) is 4.79 Å². The minimum Gasteiger partial charge on any atom is -0.460 e. The minimum atomic E-state index is -0.862. The molecule has 0 aromatic heterocycles. The lowest BCUT2D eigenvalue weighted by Gasteiger charge is -2.23. The quantitative estimate of drug-likeness (QED) is 0.726. The molecular formula is C15H28N2O5. The Morgan fingerprint density at radius 1 is 1.09 bits per heavy atom. The van der Waals surface area contributed by atoms with Gasteiger partial charge in [-0.15, -0.1) is 0 Å². The van der Waals surface area contributed by atoms with Gasteiger partial charge >= 0.3 is 12.1 Å². The zero-order valence-electron chi connectivity index (χ0n) is 14.5. The summed E-state index contributed by atoms with van der Waals surface area (Å²) in [5.74, 6) is -1.28. The van der Waals surface area contributed by atoms with E-state index in [4.69, 9.17) is 9.47 Å².